The minimum atomic E-state index is 0.562. The first kappa shape index (κ1) is 32.3. The summed E-state index contributed by atoms with van der Waals surface area (Å²) in [5, 5.41) is 8.28. The van der Waals surface area contributed by atoms with Crippen LogP contribution in [0, 0.1) is 0 Å². The van der Waals surface area contributed by atoms with E-state index >= 15 is 0 Å². The molecule has 6 nitrogen and oxygen atoms in total. The quantitative estimate of drug-likeness (QED) is 0.176. The van der Waals surface area contributed by atoms with Crippen LogP contribution < -0.4 is 0 Å². The minimum absolute atomic E-state index is 0.562. The van der Waals surface area contributed by atoms with Gasteiger partial charge in [0, 0.05) is 44.7 Å². The maximum atomic E-state index is 6.23. The molecule has 4 heterocycles. The highest BCUT2D eigenvalue weighted by atomic mass is 16.3. The highest BCUT2D eigenvalue weighted by molar-refractivity contribution is 6.13. The fraction of sp³-hybridized carbons (Fsp3) is 0. The summed E-state index contributed by atoms with van der Waals surface area (Å²) in [4.78, 5) is 19.9. The number of nitrogens with zero attached hydrogens (tertiary/aromatic N) is 5. The maximum Gasteiger partial charge on any atom is 0.164 e. The van der Waals surface area contributed by atoms with Gasteiger partial charge in [-0.15, -0.1) is 0 Å². The van der Waals surface area contributed by atoms with E-state index in [-0.39, 0.29) is 0 Å². The van der Waals surface area contributed by atoms with Gasteiger partial charge in [-0.05, 0) is 99.4 Å². The second-order valence-electron chi connectivity index (χ2n) is 14.7. The number of pyridine rings is 1. The number of para-hydroxylation sites is 1. The molecule has 0 aliphatic rings. The van der Waals surface area contributed by atoms with E-state index in [1.165, 1.54) is 43.4 Å². The zero-order chi connectivity index (χ0) is 38.2. The lowest BCUT2D eigenvalue weighted by Gasteiger charge is -2.11. The Kier molecular flexibility index (Phi) is 7.13. The monoisotopic (exact) mass is 741 g/mol. The standard InChI is InChI=1S/C52H31N5O/c1-2-11-37-30-46-44(29-36(37)10-1)42-14-5-6-16-45(42)57(46)39-25-22-35(23-26-39)51-54-50(34-20-18-33(19-21-34)41-15-7-12-32-9-3-4-13-40(32)41)55-52(56-51)38-24-27-43-48(31-38)58-47-17-8-28-53-49(43)47/h1-31H. The Bertz CT molecular complexity index is 3560. The van der Waals surface area contributed by atoms with E-state index < -0.39 is 0 Å². The van der Waals surface area contributed by atoms with Gasteiger partial charge in [-0.2, -0.15) is 0 Å². The van der Waals surface area contributed by atoms with E-state index in [4.69, 9.17) is 19.4 Å². The Labute approximate surface area is 332 Å². The van der Waals surface area contributed by atoms with E-state index in [2.05, 4.69) is 161 Å². The molecule has 0 fully saturated rings. The van der Waals surface area contributed by atoms with Crippen LogP contribution in [0.5, 0.6) is 0 Å². The van der Waals surface area contributed by atoms with Crippen molar-refractivity contribution in [3.8, 4) is 51.0 Å². The van der Waals surface area contributed by atoms with Crippen LogP contribution in [0.4, 0.5) is 0 Å². The zero-order valence-electron chi connectivity index (χ0n) is 31.0. The first-order chi connectivity index (χ1) is 28.7. The van der Waals surface area contributed by atoms with Crippen molar-refractivity contribution in [3.63, 3.8) is 0 Å². The first-order valence-electron chi connectivity index (χ1n) is 19.4. The normalized spacial score (nSPS) is 11.8. The molecular weight excluding hydrogens is 711 g/mol. The number of benzene rings is 8. The van der Waals surface area contributed by atoms with Gasteiger partial charge in [0.2, 0.25) is 0 Å². The van der Waals surface area contributed by atoms with E-state index in [1.54, 1.807) is 6.20 Å². The maximum absolute atomic E-state index is 6.23. The van der Waals surface area contributed by atoms with Crippen molar-refractivity contribution < 1.29 is 4.42 Å². The molecule has 0 aliphatic heterocycles. The Morgan fingerprint density at radius 1 is 0.379 bits per heavy atom. The van der Waals surface area contributed by atoms with Gasteiger partial charge in [0.1, 0.15) is 11.1 Å². The fourth-order valence-corrected chi connectivity index (χ4v) is 8.47. The summed E-state index contributed by atoms with van der Waals surface area (Å²) in [6, 6.07) is 63.6. The Hall–Kier alpha value is -7.96. The molecular formula is C52H31N5O. The molecule has 270 valence electrons. The lowest BCUT2D eigenvalue weighted by Crippen LogP contribution is -2.00. The Morgan fingerprint density at radius 3 is 1.79 bits per heavy atom. The number of furan rings is 1. The average molecular weight is 742 g/mol. The largest absolute Gasteiger partial charge is 0.454 e. The van der Waals surface area contributed by atoms with Gasteiger partial charge in [-0.25, -0.2) is 15.0 Å². The summed E-state index contributed by atoms with van der Waals surface area (Å²) >= 11 is 0. The summed E-state index contributed by atoms with van der Waals surface area (Å²) < 4.78 is 8.57. The summed E-state index contributed by atoms with van der Waals surface area (Å²) in [6.07, 6.45) is 1.79. The predicted molar refractivity (Wildman–Crippen MR) is 236 cm³/mol. The number of aromatic nitrogens is 5. The molecule has 0 amide bonds. The van der Waals surface area contributed by atoms with Crippen molar-refractivity contribution in [2.45, 2.75) is 0 Å². The SMILES string of the molecule is c1ccc2cc3c(cc2c1)c1ccccc1n3-c1ccc(-c2nc(-c3ccc(-c4cccc5ccccc45)cc3)nc(-c3ccc4c(c3)oc3cccnc34)n2)cc1. The summed E-state index contributed by atoms with van der Waals surface area (Å²) in [7, 11) is 0. The third kappa shape index (κ3) is 5.20. The molecule has 0 aliphatic carbocycles. The van der Waals surface area contributed by atoms with Gasteiger partial charge in [-0.3, -0.25) is 4.98 Å². The summed E-state index contributed by atoms with van der Waals surface area (Å²) in [5.41, 5.74) is 10.6. The molecule has 4 aromatic heterocycles. The van der Waals surface area contributed by atoms with Crippen LogP contribution in [-0.4, -0.2) is 24.5 Å². The Morgan fingerprint density at radius 2 is 1.00 bits per heavy atom. The van der Waals surface area contributed by atoms with E-state index in [1.807, 2.05) is 30.3 Å². The van der Waals surface area contributed by atoms with Crippen molar-refractivity contribution >= 4 is 65.4 Å². The molecule has 58 heavy (non-hydrogen) atoms. The van der Waals surface area contributed by atoms with Gasteiger partial charge in [0.05, 0.1) is 11.0 Å². The first-order valence-corrected chi connectivity index (χ1v) is 19.4. The third-order valence-electron chi connectivity index (χ3n) is 11.3. The average Bonchev–Trinajstić information content (AvgIpc) is 3.83. The molecule has 12 rings (SSSR count). The molecule has 0 saturated carbocycles. The lowest BCUT2D eigenvalue weighted by molar-refractivity contribution is 0.668. The van der Waals surface area contributed by atoms with Gasteiger partial charge < -0.3 is 8.98 Å². The van der Waals surface area contributed by atoms with Crippen LogP contribution in [-0.2, 0) is 0 Å². The van der Waals surface area contributed by atoms with Gasteiger partial charge in [-0.1, -0.05) is 115 Å². The summed E-state index contributed by atoms with van der Waals surface area (Å²) in [6.45, 7) is 0. The summed E-state index contributed by atoms with van der Waals surface area (Å²) in [5.74, 6) is 1.74. The second kappa shape index (κ2) is 12.8. The van der Waals surface area contributed by atoms with Crippen LogP contribution in [0.1, 0.15) is 0 Å². The van der Waals surface area contributed by atoms with Crippen molar-refractivity contribution in [2.75, 3.05) is 0 Å². The van der Waals surface area contributed by atoms with E-state index in [0.717, 1.165) is 55.5 Å². The van der Waals surface area contributed by atoms with Crippen LogP contribution in [0.2, 0.25) is 0 Å². The molecule has 0 unspecified atom stereocenters. The van der Waals surface area contributed by atoms with Gasteiger partial charge >= 0.3 is 0 Å². The number of fused-ring (bicyclic) bond motifs is 8. The second-order valence-corrected chi connectivity index (χ2v) is 14.7. The molecule has 0 spiro atoms. The Balaban J connectivity index is 0.990. The van der Waals surface area contributed by atoms with E-state index in [0.29, 0.717) is 17.5 Å². The highest BCUT2D eigenvalue weighted by Crippen LogP contribution is 2.37. The van der Waals surface area contributed by atoms with Crippen LogP contribution in [0.3, 0.4) is 0 Å². The molecule has 0 saturated heterocycles. The molecule has 0 N–H and O–H groups in total. The number of rotatable bonds is 5. The highest BCUT2D eigenvalue weighted by Gasteiger charge is 2.17. The van der Waals surface area contributed by atoms with Gasteiger partial charge in [0.25, 0.3) is 0 Å². The van der Waals surface area contributed by atoms with Crippen LogP contribution >= 0.6 is 0 Å². The molecule has 6 heteroatoms. The number of hydrogen-bond acceptors (Lipinski definition) is 5. The minimum Gasteiger partial charge on any atom is -0.454 e. The molecule has 12 aromatic rings. The molecule has 0 bridgehead atoms. The zero-order valence-corrected chi connectivity index (χ0v) is 31.0. The number of hydrogen-bond donors (Lipinski definition) is 0. The topological polar surface area (TPSA) is 69.6 Å². The predicted octanol–water partition coefficient (Wildman–Crippen LogP) is 13.2. The lowest BCUT2D eigenvalue weighted by atomic mass is 9.97. The van der Waals surface area contributed by atoms with Crippen molar-refractivity contribution in [1.29, 1.82) is 0 Å². The molecule has 0 radical (unpaired) electrons. The molecule has 0 atom stereocenters. The smallest absolute Gasteiger partial charge is 0.164 e. The van der Waals surface area contributed by atoms with Crippen LogP contribution in [0.15, 0.2) is 193 Å². The third-order valence-corrected chi connectivity index (χ3v) is 11.3. The van der Waals surface area contributed by atoms with Crippen molar-refractivity contribution in [3.05, 3.63) is 188 Å². The van der Waals surface area contributed by atoms with Crippen LogP contribution in [0.25, 0.3) is 116 Å². The van der Waals surface area contributed by atoms with Gasteiger partial charge in [0.15, 0.2) is 23.1 Å². The van der Waals surface area contributed by atoms with Crippen molar-refractivity contribution in [1.82, 2.24) is 24.5 Å². The fourth-order valence-electron chi connectivity index (χ4n) is 8.47. The molecule has 8 aromatic carbocycles. The van der Waals surface area contributed by atoms with Crippen molar-refractivity contribution in [2.24, 2.45) is 0 Å². The van der Waals surface area contributed by atoms with E-state index in [9.17, 15) is 0 Å².